The summed E-state index contributed by atoms with van der Waals surface area (Å²) >= 11 is 5.71. The number of anilines is 2. The van der Waals surface area contributed by atoms with E-state index in [2.05, 4.69) is 55.4 Å². The Bertz CT molecular complexity index is 948. The van der Waals surface area contributed by atoms with Gasteiger partial charge in [0.05, 0.1) is 17.9 Å². The molecular formula is C21H18BrIN2O2. The summed E-state index contributed by atoms with van der Waals surface area (Å²) in [5.74, 6) is -0.308. The van der Waals surface area contributed by atoms with E-state index < -0.39 is 0 Å². The number of hydrogen-bond acceptors (Lipinski definition) is 3. The van der Waals surface area contributed by atoms with Crippen LogP contribution in [0.5, 0.6) is 0 Å². The van der Waals surface area contributed by atoms with Gasteiger partial charge in [0.15, 0.2) is 0 Å². The number of benzene rings is 3. The summed E-state index contributed by atoms with van der Waals surface area (Å²) in [6.07, 6.45) is 0. The number of halogens is 2. The molecule has 138 valence electrons. The fourth-order valence-electron chi connectivity index (χ4n) is 2.54. The van der Waals surface area contributed by atoms with E-state index in [1.807, 2.05) is 61.5 Å². The summed E-state index contributed by atoms with van der Waals surface area (Å²) in [5.41, 5.74) is 6.78. The minimum absolute atomic E-state index is 0.305. The first-order valence-electron chi connectivity index (χ1n) is 8.32. The predicted molar refractivity (Wildman–Crippen MR) is 120 cm³/mol. The summed E-state index contributed by atoms with van der Waals surface area (Å²) in [6, 6.07) is 21.3. The molecule has 0 aliphatic heterocycles. The summed E-state index contributed by atoms with van der Waals surface area (Å²) in [7, 11) is 0. The molecule has 27 heavy (non-hydrogen) atoms. The number of aryl methyl sites for hydroxylation is 1. The minimum Gasteiger partial charge on any atom is -0.355 e. The molecule has 3 rings (SSSR count). The molecule has 0 aliphatic rings. The van der Waals surface area contributed by atoms with Crippen molar-refractivity contribution in [1.82, 2.24) is 5.48 Å². The molecule has 3 aromatic carbocycles. The normalized spacial score (nSPS) is 10.5. The van der Waals surface area contributed by atoms with Crippen LogP contribution in [0.3, 0.4) is 0 Å². The summed E-state index contributed by atoms with van der Waals surface area (Å²) in [6.45, 7) is 2.34. The highest BCUT2D eigenvalue weighted by atomic mass is 127. The Kier molecular flexibility index (Phi) is 6.87. The summed E-state index contributed by atoms with van der Waals surface area (Å²) in [4.78, 5) is 18.0. The van der Waals surface area contributed by atoms with Gasteiger partial charge < -0.3 is 5.32 Å². The van der Waals surface area contributed by atoms with Crippen molar-refractivity contribution in [3.63, 3.8) is 0 Å². The number of hydrogen-bond donors (Lipinski definition) is 2. The molecule has 0 unspecified atom stereocenters. The van der Waals surface area contributed by atoms with Gasteiger partial charge in [-0.15, -0.1) is 0 Å². The molecule has 0 aromatic heterocycles. The Hall–Kier alpha value is -1.90. The number of nitrogens with one attached hydrogen (secondary N) is 2. The topological polar surface area (TPSA) is 50.4 Å². The first-order valence-corrected chi connectivity index (χ1v) is 10.2. The maximum Gasteiger partial charge on any atom is 0.276 e. The van der Waals surface area contributed by atoms with Crippen LogP contribution in [0.4, 0.5) is 11.4 Å². The van der Waals surface area contributed by atoms with Crippen LogP contribution < -0.4 is 10.8 Å². The second-order valence-corrected chi connectivity index (χ2v) is 8.14. The summed E-state index contributed by atoms with van der Waals surface area (Å²) < 4.78 is 1.99. The lowest BCUT2D eigenvalue weighted by atomic mass is 10.1. The second kappa shape index (κ2) is 9.34. The lowest BCUT2D eigenvalue weighted by Gasteiger charge is -2.15. The van der Waals surface area contributed by atoms with Gasteiger partial charge in [-0.25, -0.2) is 5.48 Å². The molecule has 0 aliphatic carbocycles. The highest BCUT2D eigenvalue weighted by Gasteiger charge is 2.13. The van der Waals surface area contributed by atoms with Gasteiger partial charge in [0.1, 0.15) is 0 Å². The fourth-order valence-corrected chi connectivity index (χ4v) is 3.55. The van der Waals surface area contributed by atoms with Gasteiger partial charge in [-0.1, -0.05) is 46.3 Å². The minimum atomic E-state index is -0.308. The SMILES string of the molecule is Cc1cc(I)ccc1Nc1ccc(Br)cc1C(=O)NOCc1ccccc1. The monoisotopic (exact) mass is 536 g/mol. The van der Waals surface area contributed by atoms with Crippen molar-refractivity contribution in [3.05, 3.63) is 91.5 Å². The fraction of sp³-hybridized carbons (Fsp3) is 0.0952. The van der Waals surface area contributed by atoms with Crippen LogP contribution >= 0.6 is 38.5 Å². The predicted octanol–water partition coefficient (Wildman–Crippen LogP) is 5.97. The summed E-state index contributed by atoms with van der Waals surface area (Å²) in [5, 5.41) is 3.34. The number of hydroxylamine groups is 1. The quantitative estimate of drug-likeness (QED) is 0.301. The average Bonchev–Trinajstić information content (AvgIpc) is 2.66. The molecule has 0 heterocycles. The maximum atomic E-state index is 12.6. The molecule has 0 saturated carbocycles. The van der Waals surface area contributed by atoms with Crippen molar-refractivity contribution in [2.24, 2.45) is 0 Å². The first kappa shape index (κ1) is 19.9. The van der Waals surface area contributed by atoms with E-state index in [-0.39, 0.29) is 5.91 Å². The maximum absolute atomic E-state index is 12.6. The third-order valence-electron chi connectivity index (χ3n) is 3.93. The molecule has 6 heteroatoms. The van der Waals surface area contributed by atoms with E-state index in [1.54, 1.807) is 6.07 Å². The largest absolute Gasteiger partial charge is 0.355 e. The third kappa shape index (κ3) is 5.54. The molecule has 0 spiro atoms. The van der Waals surface area contributed by atoms with E-state index in [1.165, 1.54) is 3.57 Å². The van der Waals surface area contributed by atoms with E-state index in [9.17, 15) is 4.79 Å². The van der Waals surface area contributed by atoms with Gasteiger partial charge >= 0.3 is 0 Å². The van der Waals surface area contributed by atoms with Gasteiger partial charge in [-0.05, 0) is 77.0 Å². The third-order valence-corrected chi connectivity index (χ3v) is 5.09. The van der Waals surface area contributed by atoms with E-state index in [0.29, 0.717) is 17.9 Å². The molecule has 0 radical (unpaired) electrons. The first-order chi connectivity index (χ1) is 13.0. The Morgan fingerprint density at radius 2 is 1.78 bits per heavy atom. The van der Waals surface area contributed by atoms with Gasteiger partial charge in [0.2, 0.25) is 0 Å². The molecule has 0 fully saturated rings. The average molecular weight is 537 g/mol. The highest BCUT2D eigenvalue weighted by Crippen LogP contribution is 2.27. The Labute approximate surface area is 180 Å². The van der Waals surface area contributed by atoms with Crippen molar-refractivity contribution < 1.29 is 9.63 Å². The van der Waals surface area contributed by atoms with Crippen LogP contribution in [0.1, 0.15) is 21.5 Å². The van der Waals surface area contributed by atoms with Gasteiger partial charge in [0.25, 0.3) is 5.91 Å². The molecule has 4 nitrogen and oxygen atoms in total. The zero-order valence-corrected chi connectivity index (χ0v) is 18.4. The molecule has 2 N–H and O–H groups in total. The van der Waals surface area contributed by atoms with E-state index >= 15 is 0 Å². The Morgan fingerprint density at radius 1 is 1.04 bits per heavy atom. The smallest absolute Gasteiger partial charge is 0.276 e. The zero-order chi connectivity index (χ0) is 19.2. The zero-order valence-electron chi connectivity index (χ0n) is 14.6. The van der Waals surface area contributed by atoms with E-state index in [0.717, 1.165) is 21.3 Å². The van der Waals surface area contributed by atoms with Crippen LogP contribution in [0.2, 0.25) is 0 Å². The Morgan fingerprint density at radius 3 is 2.52 bits per heavy atom. The second-order valence-electron chi connectivity index (χ2n) is 5.98. The lowest BCUT2D eigenvalue weighted by molar-refractivity contribution is 0.0234. The number of carbonyl (C=O) groups is 1. The molecule has 3 aromatic rings. The van der Waals surface area contributed by atoms with E-state index in [4.69, 9.17) is 4.84 Å². The molecule has 0 bridgehead atoms. The Balaban J connectivity index is 1.74. The van der Waals surface area contributed by atoms with Crippen molar-refractivity contribution >= 4 is 55.8 Å². The standard InChI is InChI=1S/C21H18BrIN2O2/c1-14-11-17(23)8-10-19(14)24-20-9-7-16(22)12-18(20)21(26)25-27-13-15-5-3-2-4-6-15/h2-12,24H,13H2,1H3,(H,25,26). The van der Waals surface area contributed by atoms with Crippen LogP contribution in [0.15, 0.2) is 71.2 Å². The van der Waals surface area contributed by atoms with Gasteiger partial charge in [0, 0.05) is 13.7 Å². The number of carbonyl (C=O) groups excluding carboxylic acids is 1. The molecule has 1 amide bonds. The molecule has 0 saturated heterocycles. The lowest BCUT2D eigenvalue weighted by Crippen LogP contribution is -2.24. The van der Waals surface area contributed by atoms with Gasteiger partial charge in [-0.2, -0.15) is 0 Å². The van der Waals surface area contributed by atoms with Crippen LogP contribution in [-0.4, -0.2) is 5.91 Å². The van der Waals surface area contributed by atoms with Crippen LogP contribution in [0.25, 0.3) is 0 Å². The molecule has 0 atom stereocenters. The number of amides is 1. The highest BCUT2D eigenvalue weighted by molar-refractivity contribution is 14.1. The van der Waals surface area contributed by atoms with Gasteiger partial charge in [-0.3, -0.25) is 9.63 Å². The van der Waals surface area contributed by atoms with Crippen molar-refractivity contribution in [2.75, 3.05) is 5.32 Å². The van der Waals surface area contributed by atoms with Crippen LogP contribution in [0, 0.1) is 10.5 Å². The van der Waals surface area contributed by atoms with Crippen molar-refractivity contribution in [1.29, 1.82) is 0 Å². The van der Waals surface area contributed by atoms with Crippen molar-refractivity contribution in [2.45, 2.75) is 13.5 Å². The number of rotatable bonds is 6. The van der Waals surface area contributed by atoms with Crippen LogP contribution in [-0.2, 0) is 11.4 Å². The van der Waals surface area contributed by atoms with Crippen molar-refractivity contribution in [3.8, 4) is 0 Å². The molecular weight excluding hydrogens is 519 g/mol.